The highest BCUT2D eigenvalue weighted by Gasteiger charge is 2.12. The monoisotopic (exact) mass is 598 g/mol. The van der Waals surface area contributed by atoms with E-state index in [2.05, 4.69) is 61.7 Å². The number of nitrogens with one attached hydrogen (secondary N) is 2. The number of benzene rings is 1. The van der Waals surface area contributed by atoms with E-state index in [-0.39, 0.29) is 5.43 Å². The quantitative estimate of drug-likeness (QED) is 0.135. The van der Waals surface area contributed by atoms with Crippen LogP contribution in [0, 0.1) is 0 Å². The Morgan fingerprint density at radius 1 is 1.10 bits per heavy atom. The highest BCUT2D eigenvalue weighted by molar-refractivity contribution is 7.99. The molecule has 1 aromatic carbocycles. The van der Waals surface area contributed by atoms with Crippen molar-refractivity contribution in [2.45, 2.75) is 87.0 Å². The van der Waals surface area contributed by atoms with E-state index in [9.17, 15) is 14.8 Å². The number of H-pyrrole nitrogens is 2. The Hall–Kier alpha value is -3.40. The number of hydroxylamine groups is 1. The molecule has 0 atom stereocenters. The summed E-state index contributed by atoms with van der Waals surface area (Å²) in [5, 5.41) is 18.9. The summed E-state index contributed by atoms with van der Waals surface area (Å²) in [6.07, 6.45) is 10.6. The predicted octanol–water partition coefficient (Wildman–Crippen LogP) is 9.23. The van der Waals surface area contributed by atoms with Crippen LogP contribution in [0.4, 0.5) is 0 Å². The molecule has 0 unspecified atom stereocenters. The van der Waals surface area contributed by atoms with Gasteiger partial charge in [-0.25, -0.2) is 4.98 Å². The summed E-state index contributed by atoms with van der Waals surface area (Å²) in [6.45, 7) is 16.5. The van der Waals surface area contributed by atoms with Crippen LogP contribution in [0.15, 0.2) is 52.8 Å². The Morgan fingerprint density at radius 2 is 1.71 bits per heavy atom. The molecular formula is C33H50N4O4S. The second-order valence-corrected chi connectivity index (χ2v) is 10.3. The smallest absolute Gasteiger partial charge is 0.303 e. The van der Waals surface area contributed by atoms with Gasteiger partial charge in [-0.3, -0.25) is 9.59 Å². The van der Waals surface area contributed by atoms with Crippen LogP contribution in [0.5, 0.6) is 0 Å². The number of carbonyl (C=O) groups is 1. The van der Waals surface area contributed by atoms with Gasteiger partial charge in [0.15, 0.2) is 5.43 Å². The Bertz CT molecular complexity index is 1280. The first-order valence-corrected chi connectivity index (χ1v) is 15.5. The van der Waals surface area contributed by atoms with Crippen molar-refractivity contribution in [1.82, 2.24) is 19.4 Å². The molecule has 0 aliphatic carbocycles. The van der Waals surface area contributed by atoms with Crippen LogP contribution in [-0.2, 0) is 4.79 Å². The van der Waals surface area contributed by atoms with Crippen molar-refractivity contribution in [2.75, 3.05) is 7.05 Å². The molecular weight excluding hydrogens is 548 g/mol. The molecule has 0 fully saturated rings. The van der Waals surface area contributed by atoms with Gasteiger partial charge in [0.1, 0.15) is 5.82 Å². The Kier molecular flexibility index (Phi) is 20.4. The molecule has 0 aliphatic rings. The summed E-state index contributed by atoms with van der Waals surface area (Å²) in [4.78, 5) is 33.5. The zero-order chi connectivity index (χ0) is 32.1. The van der Waals surface area contributed by atoms with Gasteiger partial charge in [-0.1, -0.05) is 92.2 Å². The number of hydrogen-bond donors (Lipinski definition) is 4. The normalized spacial score (nSPS) is 10.7. The molecule has 3 aromatic rings. The van der Waals surface area contributed by atoms with Crippen molar-refractivity contribution in [1.29, 1.82) is 0 Å². The van der Waals surface area contributed by atoms with Crippen molar-refractivity contribution < 1.29 is 15.1 Å². The fraction of sp³-hybridized carbons (Fsp3) is 0.424. The van der Waals surface area contributed by atoms with E-state index >= 15 is 0 Å². The molecule has 232 valence electrons. The molecule has 9 heteroatoms. The van der Waals surface area contributed by atoms with E-state index in [1.807, 2.05) is 45.1 Å². The van der Waals surface area contributed by atoms with Crippen LogP contribution in [0.3, 0.4) is 0 Å². The van der Waals surface area contributed by atoms with Gasteiger partial charge in [0.05, 0.1) is 17.0 Å². The number of carboxylic acids is 1. The minimum absolute atomic E-state index is 0.110. The Morgan fingerprint density at radius 3 is 2.17 bits per heavy atom. The fourth-order valence-corrected chi connectivity index (χ4v) is 3.65. The Balaban J connectivity index is 0.00000132. The van der Waals surface area contributed by atoms with Crippen molar-refractivity contribution in [2.24, 2.45) is 0 Å². The summed E-state index contributed by atoms with van der Waals surface area (Å²) < 4.78 is 1.00. The van der Waals surface area contributed by atoms with Crippen molar-refractivity contribution in [3.8, 4) is 22.6 Å². The third-order valence-corrected chi connectivity index (χ3v) is 5.80. The molecule has 0 spiro atoms. The number of rotatable bonds is 10. The van der Waals surface area contributed by atoms with Gasteiger partial charge >= 0.3 is 5.97 Å². The van der Waals surface area contributed by atoms with Gasteiger partial charge in [0, 0.05) is 31.4 Å². The van der Waals surface area contributed by atoms with Gasteiger partial charge in [-0.15, -0.1) is 4.47 Å². The minimum Gasteiger partial charge on any atom is -0.481 e. The van der Waals surface area contributed by atoms with Crippen molar-refractivity contribution in [3.05, 3.63) is 75.2 Å². The molecule has 0 saturated carbocycles. The number of imidazole rings is 1. The zero-order valence-corrected chi connectivity index (χ0v) is 27.5. The van der Waals surface area contributed by atoms with E-state index in [0.717, 1.165) is 46.2 Å². The maximum atomic E-state index is 12.9. The average Bonchev–Trinajstić information content (AvgIpc) is 3.35. The molecule has 0 radical (unpaired) electrons. The van der Waals surface area contributed by atoms with Crippen LogP contribution in [0.25, 0.3) is 34.8 Å². The largest absolute Gasteiger partial charge is 0.481 e. The SMILES string of the molecule is CC.CC/C=C\c1[nH]c(-c2c[nH]c(-c3ccc(C(C)C)cc3)cc2=O)nc1/C=C\SN(C)O.CCC.CCCC(=O)O. The maximum absolute atomic E-state index is 12.9. The predicted molar refractivity (Wildman–Crippen MR) is 180 cm³/mol. The standard InChI is InChI=1S/C24H28N4O2S.C4H8O2.C3H8.C2H6/c1-5-6-7-20-21(12-13-31-28(4)30)27-24(26-20)19-15-25-22(14-23(19)29)18-10-8-17(9-11-18)16(2)3;1-2-3-4(5)6;1-3-2;1-2/h6-16,30H,5H2,1-4H3,(H,25,29)(H,26,27);2-3H2,1H3,(H,5,6);3H2,1-2H3;1-2H3/b7-6-,13-12-;;;. The lowest BCUT2D eigenvalue weighted by Gasteiger charge is -2.07. The van der Waals surface area contributed by atoms with Gasteiger partial charge in [-0.2, -0.15) is 0 Å². The molecule has 42 heavy (non-hydrogen) atoms. The number of aromatic amines is 2. The third kappa shape index (κ3) is 14.5. The van der Waals surface area contributed by atoms with E-state index in [0.29, 0.717) is 29.4 Å². The van der Waals surface area contributed by atoms with Crippen LogP contribution in [0.2, 0.25) is 0 Å². The minimum atomic E-state index is -0.711. The van der Waals surface area contributed by atoms with Gasteiger partial charge < -0.3 is 20.3 Å². The summed E-state index contributed by atoms with van der Waals surface area (Å²) >= 11 is 1.13. The molecule has 0 aliphatic heterocycles. The third-order valence-electron chi connectivity index (χ3n) is 5.24. The zero-order valence-electron chi connectivity index (χ0n) is 26.7. The number of aliphatic carboxylic acids is 1. The number of nitrogens with zero attached hydrogens (tertiary/aromatic N) is 2. The molecule has 4 N–H and O–H groups in total. The number of pyridine rings is 1. The molecule has 0 amide bonds. The second-order valence-electron chi connectivity index (χ2n) is 9.32. The molecule has 3 rings (SSSR count). The van der Waals surface area contributed by atoms with Crippen LogP contribution in [-0.4, -0.2) is 42.8 Å². The fourth-order valence-electron chi connectivity index (χ4n) is 3.29. The molecule has 0 saturated heterocycles. The average molecular weight is 599 g/mol. The van der Waals surface area contributed by atoms with Crippen LogP contribution >= 0.6 is 11.9 Å². The van der Waals surface area contributed by atoms with E-state index < -0.39 is 5.97 Å². The van der Waals surface area contributed by atoms with Crippen molar-refractivity contribution >= 4 is 30.1 Å². The summed E-state index contributed by atoms with van der Waals surface area (Å²) in [5.41, 5.74) is 4.86. The number of hydrogen-bond acceptors (Lipinski definition) is 6. The van der Waals surface area contributed by atoms with E-state index in [1.54, 1.807) is 30.8 Å². The van der Waals surface area contributed by atoms with Gasteiger partial charge in [0.2, 0.25) is 0 Å². The molecule has 2 heterocycles. The summed E-state index contributed by atoms with van der Waals surface area (Å²) in [7, 11) is 1.54. The summed E-state index contributed by atoms with van der Waals surface area (Å²) in [6, 6.07) is 9.84. The Labute approximate surface area is 256 Å². The first-order valence-electron chi connectivity index (χ1n) is 14.6. The second kappa shape index (κ2) is 22.2. The van der Waals surface area contributed by atoms with Gasteiger partial charge in [-0.05, 0) is 59.4 Å². The lowest BCUT2D eigenvalue weighted by molar-refractivity contribution is -0.137. The lowest BCUT2D eigenvalue weighted by atomic mass is 10.0. The van der Waals surface area contributed by atoms with E-state index in [4.69, 9.17) is 5.11 Å². The molecule has 2 aromatic heterocycles. The maximum Gasteiger partial charge on any atom is 0.303 e. The number of allylic oxidation sites excluding steroid dienone is 1. The van der Waals surface area contributed by atoms with Crippen LogP contribution in [0.1, 0.15) is 104 Å². The van der Waals surface area contributed by atoms with Gasteiger partial charge in [0.25, 0.3) is 0 Å². The topological polar surface area (TPSA) is 122 Å². The first-order chi connectivity index (χ1) is 20.1. The van der Waals surface area contributed by atoms with Crippen molar-refractivity contribution in [3.63, 3.8) is 0 Å². The molecule has 8 nitrogen and oxygen atoms in total. The number of aromatic nitrogens is 3. The lowest BCUT2D eigenvalue weighted by Crippen LogP contribution is -2.06. The molecule has 0 bridgehead atoms. The van der Waals surface area contributed by atoms with E-state index in [1.165, 1.54) is 12.0 Å². The first kappa shape index (κ1) is 38.6. The highest BCUT2D eigenvalue weighted by atomic mass is 32.2. The summed E-state index contributed by atoms with van der Waals surface area (Å²) in [5.74, 6) is 0.253. The highest BCUT2D eigenvalue weighted by Crippen LogP contribution is 2.23. The number of carboxylic acid groups (broad SMARTS) is 1. The van der Waals surface area contributed by atoms with Crippen LogP contribution < -0.4 is 5.43 Å².